The molecule has 4 nitrogen and oxygen atoms in total. The van der Waals surface area contributed by atoms with Crippen molar-refractivity contribution in [3.05, 3.63) is 28.2 Å². The van der Waals surface area contributed by atoms with Gasteiger partial charge in [0.1, 0.15) is 0 Å². The molecule has 0 aliphatic carbocycles. The third-order valence-electron chi connectivity index (χ3n) is 3.65. The van der Waals surface area contributed by atoms with Crippen molar-refractivity contribution in [1.29, 1.82) is 0 Å². The van der Waals surface area contributed by atoms with Crippen LogP contribution in [0.4, 0.5) is 10.5 Å². The van der Waals surface area contributed by atoms with Gasteiger partial charge in [0.15, 0.2) is 0 Å². The number of halogens is 2. The summed E-state index contributed by atoms with van der Waals surface area (Å²) < 4.78 is 5.46. The summed E-state index contributed by atoms with van der Waals surface area (Å²) >= 11 is 11.8. The molecule has 2 aliphatic rings. The first kappa shape index (κ1) is 13.0. The molecule has 2 fully saturated rings. The second-order valence-electron chi connectivity index (χ2n) is 4.89. The Labute approximate surface area is 121 Å². The molecule has 1 aromatic carbocycles. The zero-order chi connectivity index (χ0) is 13.4. The first-order valence-electron chi connectivity index (χ1n) is 6.27. The van der Waals surface area contributed by atoms with Gasteiger partial charge in [-0.3, -0.25) is 0 Å². The molecule has 2 saturated heterocycles. The van der Waals surface area contributed by atoms with Crippen molar-refractivity contribution < 1.29 is 9.53 Å². The lowest BCUT2D eigenvalue weighted by molar-refractivity contribution is 0.00949. The molecule has 0 unspecified atom stereocenters. The average Bonchev–Trinajstić information content (AvgIpc) is 2.64. The van der Waals surface area contributed by atoms with Crippen molar-refractivity contribution in [2.45, 2.75) is 24.9 Å². The number of nitrogens with zero attached hydrogens (tertiary/aromatic N) is 1. The first-order chi connectivity index (χ1) is 9.15. The molecule has 0 aromatic heterocycles. The van der Waals surface area contributed by atoms with Crippen LogP contribution < -0.4 is 5.32 Å². The van der Waals surface area contributed by atoms with Crippen molar-refractivity contribution in [3.8, 4) is 0 Å². The number of morpholine rings is 1. The molecule has 0 saturated carbocycles. The van der Waals surface area contributed by atoms with Crippen LogP contribution in [0, 0.1) is 0 Å². The van der Waals surface area contributed by atoms with Crippen molar-refractivity contribution in [1.82, 2.24) is 4.90 Å². The van der Waals surface area contributed by atoms with E-state index in [4.69, 9.17) is 27.9 Å². The molecule has 1 aromatic rings. The fourth-order valence-corrected chi connectivity index (χ4v) is 3.02. The van der Waals surface area contributed by atoms with Crippen molar-refractivity contribution in [2.24, 2.45) is 0 Å². The van der Waals surface area contributed by atoms with Gasteiger partial charge in [-0.15, -0.1) is 0 Å². The first-order valence-corrected chi connectivity index (χ1v) is 7.03. The van der Waals surface area contributed by atoms with E-state index >= 15 is 0 Å². The molecule has 2 heterocycles. The highest BCUT2D eigenvalue weighted by Gasteiger charge is 2.40. The number of benzene rings is 1. The van der Waals surface area contributed by atoms with E-state index in [1.165, 1.54) is 0 Å². The maximum atomic E-state index is 12.3. The molecule has 2 aliphatic heterocycles. The fourth-order valence-electron chi connectivity index (χ4n) is 2.72. The third-order valence-corrected chi connectivity index (χ3v) is 4.38. The smallest absolute Gasteiger partial charge is 0.322 e. The summed E-state index contributed by atoms with van der Waals surface area (Å²) in [5.41, 5.74) is 0.658. The molecular formula is C13H14Cl2N2O2. The molecule has 0 spiro atoms. The Morgan fingerprint density at radius 1 is 1.21 bits per heavy atom. The highest BCUT2D eigenvalue weighted by Crippen LogP contribution is 2.30. The lowest BCUT2D eigenvalue weighted by atomic mass is 10.2. The number of hydrogen-bond acceptors (Lipinski definition) is 2. The Kier molecular flexibility index (Phi) is 3.56. The van der Waals surface area contributed by atoms with Gasteiger partial charge >= 0.3 is 6.03 Å². The summed E-state index contributed by atoms with van der Waals surface area (Å²) in [5.74, 6) is 0. The van der Waals surface area contributed by atoms with Crippen molar-refractivity contribution in [3.63, 3.8) is 0 Å². The largest absolute Gasteiger partial charge is 0.377 e. The van der Waals surface area contributed by atoms with Crippen LogP contribution in [0.3, 0.4) is 0 Å². The molecule has 1 N–H and O–H groups in total. The van der Waals surface area contributed by atoms with E-state index in [0.717, 1.165) is 12.8 Å². The maximum Gasteiger partial charge on any atom is 0.322 e. The van der Waals surface area contributed by atoms with Crippen LogP contribution in [0.5, 0.6) is 0 Å². The lowest BCUT2D eigenvalue weighted by Gasteiger charge is -2.34. The highest BCUT2D eigenvalue weighted by atomic mass is 35.5. The predicted molar refractivity (Wildman–Crippen MR) is 74.9 cm³/mol. The summed E-state index contributed by atoms with van der Waals surface area (Å²) in [6, 6.07) is 5.38. The number of amides is 2. The number of rotatable bonds is 1. The van der Waals surface area contributed by atoms with E-state index in [0.29, 0.717) is 28.9 Å². The molecule has 2 bridgehead atoms. The maximum absolute atomic E-state index is 12.3. The van der Waals surface area contributed by atoms with Crippen LogP contribution in [0.15, 0.2) is 18.2 Å². The summed E-state index contributed by atoms with van der Waals surface area (Å²) in [6.45, 7) is 1.26. The average molecular weight is 301 g/mol. The van der Waals surface area contributed by atoms with Gasteiger partial charge < -0.3 is 15.0 Å². The Morgan fingerprint density at radius 3 is 2.53 bits per heavy atom. The van der Waals surface area contributed by atoms with Gasteiger partial charge in [0, 0.05) is 5.69 Å². The van der Waals surface area contributed by atoms with E-state index in [1.54, 1.807) is 18.2 Å². The topological polar surface area (TPSA) is 41.6 Å². The molecular weight excluding hydrogens is 287 g/mol. The van der Waals surface area contributed by atoms with Gasteiger partial charge in [-0.2, -0.15) is 0 Å². The normalized spacial score (nSPS) is 25.5. The number of ether oxygens (including phenoxy) is 1. The van der Waals surface area contributed by atoms with Gasteiger partial charge in [0.25, 0.3) is 0 Å². The number of hydrogen-bond donors (Lipinski definition) is 1. The van der Waals surface area contributed by atoms with Crippen LogP contribution in [-0.2, 0) is 4.74 Å². The molecule has 2 amide bonds. The Hall–Kier alpha value is -0.970. The van der Waals surface area contributed by atoms with Crippen LogP contribution in [0.2, 0.25) is 10.0 Å². The number of carbonyl (C=O) groups excluding carboxylic acids is 1. The predicted octanol–water partition coefficient (Wildman–Crippen LogP) is 3.39. The van der Waals surface area contributed by atoms with Crippen LogP contribution in [-0.4, -0.2) is 36.2 Å². The van der Waals surface area contributed by atoms with Gasteiger partial charge in [-0.1, -0.05) is 23.2 Å². The monoisotopic (exact) mass is 300 g/mol. The second-order valence-corrected chi connectivity index (χ2v) is 5.70. The summed E-state index contributed by atoms with van der Waals surface area (Å²) in [4.78, 5) is 14.2. The quantitative estimate of drug-likeness (QED) is 0.864. The van der Waals surface area contributed by atoms with E-state index in [9.17, 15) is 4.79 Å². The number of carbonyl (C=O) groups is 1. The minimum atomic E-state index is -0.0887. The molecule has 2 atom stereocenters. The van der Waals surface area contributed by atoms with Crippen molar-refractivity contribution >= 4 is 34.9 Å². The van der Waals surface area contributed by atoms with E-state index in [-0.39, 0.29) is 18.1 Å². The standard InChI is InChI=1S/C13H14Cl2N2O2/c14-11-4-1-8(5-12(11)15)16-13(18)17-9-2-3-10(17)7-19-6-9/h1,4-5,9-10H,2-3,6-7H2,(H,16,18)/t9-,10-/m0/s1. The molecule has 6 heteroatoms. The minimum absolute atomic E-state index is 0.0887. The van der Waals surface area contributed by atoms with Gasteiger partial charge in [0.05, 0.1) is 35.3 Å². The van der Waals surface area contributed by atoms with Gasteiger partial charge in [-0.05, 0) is 31.0 Å². The van der Waals surface area contributed by atoms with E-state index in [1.807, 2.05) is 4.90 Å². The second kappa shape index (κ2) is 5.19. The van der Waals surface area contributed by atoms with Crippen LogP contribution >= 0.6 is 23.2 Å². The lowest BCUT2D eigenvalue weighted by Crippen LogP contribution is -2.50. The van der Waals surface area contributed by atoms with Crippen molar-refractivity contribution in [2.75, 3.05) is 18.5 Å². The Morgan fingerprint density at radius 2 is 1.89 bits per heavy atom. The summed E-state index contributed by atoms with van der Waals surface area (Å²) in [6.07, 6.45) is 2.03. The highest BCUT2D eigenvalue weighted by molar-refractivity contribution is 6.42. The fraction of sp³-hybridized carbons (Fsp3) is 0.462. The molecule has 0 radical (unpaired) electrons. The molecule has 19 heavy (non-hydrogen) atoms. The Bertz CT molecular complexity index is 493. The number of urea groups is 1. The summed E-state index contributed by atoms with van der Waals surface area (Å²) in [5, 5.41) is 3.78. The van der Waals surface area contributed by atoms with Gasteiger partial charge in [-0.25, -0.2) is 4.79 Å². The van der Waals surface area contributed by atoms with E-state index < -0.39 is 0 Å². The zero-order valence-corrected chi connectivity index (χ0v) is 11.7. The van der Waals surface area contributed by atoms with Gasteiger partial charge in [0.2, 0.25) is 0 Å². The van der Waals surface area contributed by atoms with E-state index in [2.05, 4.69) is 5.32 Å². The molecule has 102 valence electrons. The molecule has 3 rings (SSSR count). The minimum Gasteiger partial charge on any atom is -0.377 e. The van der Waals surface area contributed by atoms with Crippen LogP contribution in [0.25, 0.3) is 0 Å². The number of fused-ring (bicyclic) bond motifs is 2. The SMILES string of the molecule is O=C(Nc1ccc(Cl)c(Cl)c1)N1[C@H]2CC[C@H]1COC2. The summed E-state index contributed by atoms with van der Waals surface area (Å²) in [7, 11) is 0. The van der Waals surface area contributed by atoms with Crippen LogP contribution in [0.1, 0.15) is 12.8 Å². The third kappa shape index (κ3) is 2.53. The Balaban J connectivity index is 1.72. The number of anilines is 1. The number of nitrogens with one attached hydrogen (secondary N) is 1. The zero-order valence-electron chi connectivity index (χ0n) is 10.2.